The van der Waals surface area contributed by atoms with Crippen molar-refractivity contribution in [2.75, 3.05) is 13.7 Å². The van der Waals surface area contributed by atoms with Crippen LogP contribution in [0.4, 0.5) is 0 Å². The summed E-state index contributed by atoms with van der Waals surface area (Å²) in [5, 5.41) is 0. The summed E-state index contributed by atoms with van der Waals surface area (Å²) < 4.78 is 11.0. The van der Waals surface area contributed by atoms with Crippen LogP contribution in [0.25, 0.3) is 5.57 Å². The molecule has 2 aromatic rings. The summed E-state index contributed by atoms with van der Waals surface area (Å²) in [4.78, 5) is 23.9. The van der Waals surface area contributed by atoms with Crippen molar-refractivity contribution in [2.45, 2.75) is 63.7 Å². The molecule has 2 aromatic carbocycles. The summed E-state index contributed by atoms with van der Waals surface area (Å²) in [6, 6.07) is 13.8. The number of aryl methyl sites for hydroxylation is 1. The maximum atomic E-state index is 12.1. The van der Waals surface area contributed by atoms with Crippen LogP contribution in [0.2, 0.25) is 0 Å². The minimum absolute atomic E-state index is 0.285. The number of aldehydes is 1. The second-order valence-electron chi connectivity index (χ2n) is 10.8. The highest BCUT2D eigenvalue weighted by atomic mass is 16.5. The van der Waals surface area contributed by atoms with Crippen LogP contribution >= 0.6 is 0 Å². The third-order valence-corrected chi connectivity index (χ3v) is 8.50. The number of esters is 1. The van der Waals surface area contributed by atoms with Gasteiger partial charge in [-0.1, -0.05) is 30.3 Å². The lowest BCUT2D eigenvalue weighted by atomic mass is 9.48. The number of hydrogen-bond acceptors (Lipinski definition) is 4. The molecule has 4 saturated carbocycles. The Hall–Kier alpha value is -2.88. The minimum Gasteiger partial charge on any atom is -0.496 e. The molecule has 4 aliphatic carbocycles. The predicted molar refractivity (Wildman–Crippen MR) is 138 cm³/mol. The van der Waals surface area contributed by atoms with Crippen LogP contribution in [0.5, 0.6) is 5.75 Å². The molecular weight excluding hydrogens is 436 g/mol. The highest BCUT2D eigenvalue weighted by molar-refractivity contribution is 6.07. The molecular formula is C31H36O4. The third-order valence-electron chi connectivity index (χ3n) is 8.50. The first-order valence-electron chi connectivity index (χ1n) is 13.1. The minimum atomic E-state index is -0.366. The first kappa shape index (κ1) is 23.8. The number of carbonyl (C=O) groups excluding carboxylic acids is 2. The average Bonchev–Trinajstić information content (AvgIpc) is 2.86. The summed E-state index contributed by atoms with van der Waals surface area (Å²) in [7, 11) is 1.79. The van der Waals surface area contributed by atoms with E-state index in [1.807, 2.05) is 12.1 Å². The molecule has 0 saturated heterocycles. The molecule has 184 valence electrons. The SMILES string of the molecule is CCOC(=O)c1cccc(C(C=O)=CCCc2ccc(OC)c(C34CC5CC(CC(C5)C3)C4)c2)c1. The molecule has 0 heterocycles. The van der Waals surface area contributed by atoms with Crippen LogP contribution in [0.1, 0.15) is 78.9 Å². The molecule has 0 radical (unpaired) electrons. The van der Waals surface area contributed by atoms with Crippen molar-refractivity contribution in [1.29, 1.82) is 0 Å². The lowest BCUT2D eigenvalue weighted by Gasteiger charge is -2.57. The van der Waals surface area contributed by atoms with Gasteiger partial charge in [0.1, 0.15) is 12.0 Å². The number of methoxy groups -OCH3 is 1. The summed E-state index contributed by atoms with van der Waals surface area (Å²) in [5.41, 5.74) is 4.80. The van der Waals surface area contributed by atoms with Crippen LogP contribution in [0.3, 0.4) is 0 Å². The summed E-state index contributed by atoms with van der Waals surface area (Å²) in [5.74, 6) is 3.33. The molecule has 4 bridgehead atoms. The number of ether oxygens (including phenoxy) is 2. The summed E-state index contributed by atoms with van der Waals surface area (Å²) in [6.07, 6.45) is 12.7. The first-order valence-corrected chi connectivity index (χ1v) is 13.1. The topological polar surface area (TPSA) is 52.6 Å². The van der Waals surface area contributed by atoms with E-state index in [2.05, 4.69) is 18.2 Å². The number of hydrogen-bond donors (Lipinski definition) is 0. The van der Waals surface area contributed by atoms with Gasteiger partial charge in [0.2, 0.25) is 0 Å². The molecule has 4 fully saturated rings. The Balaban J connectivity index is 1.34. The molecule has 6 rings (SSSR count). The van der Waals surface area contributed by atoms with Crippen molar-refractivity contribution in [3.8, 4) is 5.75 Å². The lowest BCUT2D eigenvalue weighted by molar-refractivity contribution is -0.103. The van der Waals surface area contributed by atoms with Gasteiger partial charge in [0.25, 0.3) is 0 Å². The maximum Gasteiger partial charge on any atom is 0.338 e. The van der Waals surface area contributed by atoms with Crippen LogP contribution in [0.15, 0.2) is 48.5 Å². The lowest BCUT2D eigenvalue weighted by Crippen LogP contribution is -2.48. The zero-order valence-corrected chi connectivity index (χ0v) is 20.9. The van der Waals surface area contributed by atoms with Gasteiger partial charge >= 0.3 is 5.97 Å². The number of allylic oxidation sites excluding steroid dienone is 2. The number of rotatable bonds is 9. The second-order valence-corrected chi connectivity index (χ2v) is 10.8. The molecule has 0 aromatic heterocycles. The Morgan fingerprint density at radius 3 is 2.31 bits per heavy atom. The van der Waals surface area contributed by atoms with Gasteiger partial charge in [0, 0.05) is 11.1 Å². The predicted octanol–water partition coefficient (Wildman–Crippen LogP) is 6.55. The highest BCUT2D eigenvalue weighted by Crippen LogP contribution is 2.61. The van der Waals surface area contributed by atoms with E-state index in [0.29, 0.717) is 17.7 Å². The van der Waals surface area contributed by atoms with Gasteiger partial charge < -0.3 is 9.47 Å². The molecule has 0 N–H and O–H groups in total. The fourth-order valence-electron chi connectivity index (χ4n) is 7.43. The van der Waals surface area contributed by atoms with E-state index in [0.717, 1.165) is 48.2 Å². The molecule has 35 heavy (non-hydrogen) atoms. The Kier molecular flexibility index (Phi) is 6.82. The fourth-order valence-corrected chi connectivity index (χ4v) is 7.43. The first-order chi connectivity index (χ1) is 17.0. The van der Waals surface area contributed by atoms with Crippen molar-refractivity contribution < 1.29 is 19.1 Å². The van der Waals surface area contributed by atoms with Gasteiger partial charge in [-0.25, -0.2) is 4.79 Å². The second kappa shape index (κ2) is 10.0. The van der Waals surface area contributed by atoms with Crippen molar-refractivity contribution in [1.82, 2.24) is 0 Å². The van der Waals surface area contributed by atoms with Crippen LogP contribution < -0.4 is 4.74 Å². The number of benzene rings is 2. The Morgan fingerprint density at radius 1 is 1.00 bits per heavy atom. The molecule has 4 heteroatoms. The molecule has 4 nitrogen and oxygen atoms in total. The van der Waals surface area contributed by atoms with E-state index in [1.54, 1.807) is 32.2 Å². The average molecular weight is 473 g/mol. The quantitative estimate of drug-likeness (QED) is 0.236. The van der Waals surface area contributed by atoms with E-state index < -0.39 is 0 Å². The maximum absolute atomic E-state index is 12.1. The van der Waals surface area contributed by atoms with Crippen LogP contribution in [0, 0.1) is 17.8 Å². The summed E-state index contributed by atoms with van der Waals surface area (Å²) >= 11 is 0. The van der Waals surface area contributed by atoms with Crippen molar-refractivity contribution in [3.05, 3.63) is 70.8 Å². The van der Waals surface area contributed by atoms with E-state index in [1.165, 1.54) is 49.7 Å². The van der Waals surface area contributed by atoms with Crippen molar-refractivity contribution >= 4 is 17.8 Å². The molecule has 0 atom stereocenters. The van der Waals surface area contributed by atoms with Gasteiger partial charge in [0.15, 0.2) is 0 Å². The summed E-state index contributed by atoms with van der Waals surface area (Å²) in [6.45, 7) is 2.11. The normalized spacial score (nSPS) is 27.0. The van der Waals surface area contributed by atoms with Gasteiger partial charge in [-0.3, -0.25) is 4.79 Å². The zero-order valence-electron chi connectivity index (χ0n) is 20.9. The van der Waals surface area contributed by atoms with Crippen molar-refractivity contribution in [3.63, 3.8) is 0 Å². The Labute approximate surface area is 208 Å². The van der Waals surface area contributed by atoms with Crippen LogP contribution in [-0.4, -0.2) is 26.0 Å². The standard InChI is InChI=1S/C31H36O4/c1-3-35-30(33)26-8-5-7-25(16-26)27(20-32)9-4-6-21-10-11-29(34-2)28(15-21)31-17-22-12-23(18-31)14-24(13-22)19-31/h5,7-11,15-16,20,22-24H,3-4,6,12-14,17-19H2,1-2H3. The van der Waals surface area contributed by atoms with Gasteiger partial charge in [-0.2, -0.15) is 0 Å². The van der Waals surface area contributed by atoms with Gasteiger partial charge in [0.05, 0.1) is 19.3 Å². The van der Waals surface area contributed by atoms with Crippen LogP contribution in [-0.2, 0) is 21.4 Å². The van der Waals surface area contributed by atoms with E-state index in [9.17, 15) is 9.59 Å². The fraction of sp³-hybridized carbons (Fsp3) is 0.484. The molecule has 0 unspecified atom stereocenters. The van der Waals surface area contributed by atoms with E-state index in [4.69, 9.17) is 9.47 Å². The molecule has 0 aliphatic heterocycles. The molecule has 4 aliphatic rings. The molecule has 0 amide bonds. The van der Waals surface area contributed by atoms with Gasteiger partial charge in [-0.05, 0) is 111 Å². The Morgan fingerprint density at radius 2 is 1.69 bits per heavy atom. The monoisotopic (exact) mass is 472 g/mol. The third kappa shape index (κ3) is 4.80. The van der Waals surface area contributed by atoms with E-state index >= 15 is 0 Å². The highest BCUT2D eigenvalue weighted by Gasteiger charge is 2.52. The molecule has 0 spiro atoms. The van der Waals surface area contributed by atoms with E-state index in [-0.39, 0.29) is 11.4 Å². The smallest absolute Gasteiger partial charge is 0.338 e. The zero-order chi connectivity index (χ0) is 24.4. The van der Waals surface area contributed by atoms with Crippen molar-refractivity contribution in [2.24, 2.45) is 17.8 Å². The largest absolute Gasteiger partial charge is 0.496 e. The number of carbonyl (C=O) groups is 2. The Bertz CT molecular complexity index is 1090. The van der Waals surface area contributed by atoms with Gasteiger partial charge in [-0.15, -0.1) is 0 Å².